The summed E-state index contributed by atoms with van der Waals surface area (Å²) < 4.78 is 5.22. The van der Waals surface area contributed by atoms with Gasteiger partial charge in [0.15, 0.2) is 0 Å². The van der Waals surface area contributed by atoms with E-state index in [1.165, 1.54) is 42.5 Å². The number of allylic oxidation sites excluding steroid dienone is 4. The predicted molar refractivity (Wildman–Crippen MR) is 102 cm³/mol. The van der Waals surface area contributed by atoms with Crippen LogP contribution in [0.4, 0.5) is 0 Å². The van der Waals surface area contributed by atoms with Gasteiger partial charge in [-0.2, -0.15) is 0 Å². The third-order valence-corrected chi connectivity index (χ3v) is 5.42. The van der Waals surface area contributed by atoms with Crippen molar-refractivity contribution >= 4 is 5.57 Å². The molecule has 1 aliphatic heterocycles. The van der Waals surface area contributed by atoms with E-state index in [1.54, 1.807) is 18.2 Å². The van der Waals surface area contributed by atoms with Gasteiger partial charge < -0.3 is 10.1 Å². The molecule has 0 saturated carbocycles. The maximum absolute atomic E-state index is 5.22. The SMILES string of the molecule is COCCCC1=C(c2ccc([C@@H]3CCCNC3)c(C)c2)CCC=C1. The Morgan fingerprint density at radius 3 is 2.96 bits per heavy atom. The van der Waals surface area contributed by atoms with Crippen molar-refractivity contribution in [1.29, 1.82) is 0 Å². The molecule has 130 valence electrons. The molecule has 1 aromatic carbocycles. The minimum absolute atomic E-state index is 0.689. The van der Waals surface area contributed by atoms with Crippen LogP contribution in [0.15, 0.2) is 35.9 Å². The first-order valence-corrected chi connectivity index (χ1v) is 9.48. The lowest BCUT2D eigenvalue weighted by Gasteiger charge is -2.25. The van der Waals surface area contributed by atoms with Crippen molar-refractivity contribution in [3.8, 4) is 0 Å². The number of piperidine rings is 1. The fourth-order valence-electron chi connectivity index (χ4n) is 4.12. The van der Waals surface area contributed by atoms with E-state index >= 15 is 0 Å². The molecular formula is C22H31NO. The molecule has 1 atom stereocenters. The Morgan fingerprint density at radius 2 is 2.21 bits per heavy atom. The zero-order chi connectivity index (χ0) is 16.8. The second-order valence-electron chi connectivity index (χ2n) is 7.16. The first-order valence-electron chi connectivity index (χ1n) is 9.48. The summed E-state index contributed by atoms with van der Waals surface area (Å²) in [5, 5.41) is 3.54. The summed E-state index contributed by atoms with van der Waals surface area (Å²) in [4.78, 5) is 0. The van der Waals surface area contributed by atoms with E-state index in [0.29, 0.717) is 5.92 Å². The van der Waals surface area contributed by atoms with Crippen molar-refractivity contribution in [1.82, 2.24) is 5.32 Å². The van der Waals surface area contributed by atoms with Crippen molar-refractivity contribution in [2.24, 2.45) is 0 Å². The zero-order valence-electron chi connectivity index (χ0n) is 15.2. The minimum Gasteiger partial charge on any atom is -0.385 e. The zero-order valence-corrected chi connectivity index (χ0v) is 15.2. The molecule has 0 spiro atoms. The molecule has 1 aliphatic carbocycles. The van der Waals surface area contributed by atoms with Crippen LogP contribution in [0.3, 0.4) is 0 Å². The summed E-state index contributed by atoms with van der Waals surface area (Å²) in [5.74, 6) is 0.689. The number of hydrogen-bond donors (Lipinski definition) is 1. The van der Waals surface area contributed by atoms with Gasteiger partial charge in [0.2, 0.25) is 0 Å². The summed E-state index contributed by atoms with van der Waals surface area (Å²) in [6.07, 6.45) is 11.8. The van der Waals surface area contributed by atoms with Crippen LogP contribution in [0, 0.1) is 6.92 Å². The van der Waals surface area contributed by atoms with Crippen molar-refractivity contribution < 1.29 is 4.74 Å². The van der Waals surface area contributed by atoms with Gasteiger partial charge in [0.05, 0.1) is 0 Å². The molecule has 0 aromatic heterocycles. The number of benzene rings is 1. The molecule has 0 amide bonds. The van der Waals surface area contributed by atoms with Gasteiger partial charge in [-0.3, -0.25) is 0 Å². The number of aryl methyl sites for hydroxylation is 1. The van der Waals surface area contributed by atoms with E-state index in [-0.39, 0.29) is 0 Å². The lowest BCUT2D eigenvalue weighted by molar-refractivity contribution is 0.195. The maximum atomic E-state index is 5.22. The van der Waals surface area contributed by atoms with E-state index in [4.69, 9.17) is 4.74 Å². The molecule has 1 saturated heterocycles. The van der Waals surface area contributed by atoms with Gasteiger partial charge >= 0.3 is 0 Å². The first kappa shape index (κ1) is 17.4. The van der Waals surface area contributed by atoms with Crippen LogP contribution < -0.4 is 5.32 Å². The third kappa shape index (κ3) is 4.17. The van der Waals surface area contributed by atoms with E-state index in [2.05, 4.69) is 42.6 Å². The van der Waals surface area contributed by atoms with Gasteiger partial charge in [0.1, 0.15) is 0 Å². The number of hydrogen-bond acceptors (Lipinski definition) is 2. The van der Waals surface area contributed by atoms with E-state index in [0.717, 1.165) is 32.4 Å². The van der Waals surface area contributed by atoms with Crippen molar-refractivity contribution in [3.63, 3.8) is 0 Å². The highest BCUT2D eigenvalue weighted by Gasteiger charge is 2.18. The third-order valence-electron chi connectivity index (χ3n) is 5.42. The highest BCUT2D eigenvalue weighted by molar-refractivity contribution is 5.73. The quantitative estimate of drug-likeness (QED) is 0.744. The predicted octanol–water partition coefficient (Wildman–Crippen LogP) is 4.99. The average Bonchev–Trinajstić information content (AvgIpc) is 2.63. The Bertz CT molecular complexity index is 608. The molecular weight excluding hydrogens is 294 g/mol. The van der Waals surface area contributed by atoms with Gasteiger partial charge in [-0.15, -0.1) is 0 Å². The van der Waals surface area contributed by atoms with Gasteiger partial charge in [0, 0.05) is 20.3 Å². The Morgan fingerprint density at radius 1 is 1.29 bits per heavy atom. The van der Waals surface area contributed by atoms with Crippen molar-refractivity contribution in [3.05, 3.63) is 52.6 Å². The van der Waals surface area contributed by atoms with E-state index in [1.807, 2.05) is 0 Å². The summed E-state index contributed by atoms with van der Waals surface area (Å²) in [6, 6.07) is 7.18. The monoisotopic (exact) mass is 325 g/mol. The summed E-state index contributed by atoms with van der Waals surface area (Å²) in [7, 11) is 1.79. The highest BCUT2D eigenvalue weighted by atomic mass is 16.5. The Balaban J connectivity index is 1.82. The second kappa shape index (κ2) is 8.64. The number of ether oxygens (including phenoxy) is 1. The van der Waals surface area contributed by atoms with Gasteiger partial charge in [0.25, 0.3) is 0 Å². The van der Waals surface area contributed by atoms with Crippen molar-refractivity contribution in [2.75, 3.05) is 26.8 Å². The molecule has 2 nitrogen and oxygen atoms in total. The lowest BCUT2D eigenvalue weighted by atomic mass is 9.84. The number of rotatable bonds is 6. The van der Waals surface area contributed by atoms with Crippen LogP contribution in [-0.2, 0) is 4.74 Å². The highest BCUT2D eigenvalue weighted by Crippen LogP contribution is 2.34. The molecule has 0 bridgehead atoms. The topological polar surface area (TPSA) is 21.3 Å². The first-order chi connectivity index (χ1) is 11.8. The fourth-order valence-corrected chi connectivity index (χ4v) is 4.12. The Kier molecular flexibility index (Phi) is 6.28. The van der Waals surface area contributed by atoms with Crippen LogP contribution in [0.2, 0.25) is 0 Å². The Hall–Kier alpha value is -1.38. The maximum Gasteiger partial charge on any atom is 0.0465 e. The standard InChI is InChI=1S/C22H31NO/c1-17-15-19(11-12-21(17)20-8-5-13-23-16-20)22-10-4-3-7-18(22)9-6-14-24-2/h3,7,11-12,15,20,23H,4-6,8-10,13-14,16H2,1-2H3/t20-/m1/s1. The van der Waals surface area contributed by atoms with Gasteiger partial charge in [-0.1, -0.05) is 30.4 Å². The van der Waals surface area contributed by atoms with E-state index in [9.17, 15) is 0 Å². The average molecular weight is 325 g/mol. The largest absolute Gasteiger partial charge is 0.385 e. The fraction of sp³-hybridized carbons (Fsp3) is 0.545. The van der Waals surface area contributed by atoms with Crippen LogP contribution in [0.1, 0.15) is 61.1 Å². The minimum atomic E-state index is 0.689. The smallest absolute Gasteiger partial charge is 0.0465 e. The van der Waals surface area contributed by atoms with Crippen LogP contribution in [0.25, 0.3) is 5.57 Å². The molecule has 1 N–H and O–H groups in total. The summed E-state index contributed by atoms with van der Waals surface area (Å²) in [6.45, 7) is 5.44. The van der Waals surface area contributed by atoms with Crippen molar-refractivity contribution in [2.45, 2.75) is 51.4 Å². The second-order valence-corrected chi connectivity index (χ2v) is 7.16. The summed E-state index contributed by atoms with van der Waals surface area (Å²) >= 11 is 0. The molecule has 0 unspecified atom stereocenters. The van der Waals surface area contributed by atoms with Crippen LogP contribution in [0.5, 0.6) is 0 Å². The summed E-state index contributed by atoms with van der Waals surface area (Å²) in [5.41, 5.74) is 7.48. The number of methoxy groups -OCH3 is 1. The normalized spacial score (nSPS) is 21.3. The molecule has 1 fully saturated rings. The van der Waals surface area contributed by atoms with Gasteiger partial charge in [-0.05, 0) is 85.7 Å². The Labute approximate surface area is 147 Å². The molecule has 24 heavy (non-hydrogen) atoms. The molecule has 2 aliphatic rings. The molecule has 0 radical (unpaired) electrons. The number of nitrogens with one attached hydrogen (secondary N) is 1. The molecule has 2 heteroatoms. The van der Waals surface area contributed by atoms with Crippen LogP contribution >= 0.6 is 0 Å². The van der Waals surface area contributed by atoms with Crippen LogP contribution in [-0.4, -0.2) is 26.8 Å². The van der Waals surface area contributed by atoms with Gasteiger partial charge in [-0.25, -0.2) is 0 Å². The lowest BCUT2D eigenvalue weighted by Crippen LogP contribution is -2.28. The molecule has 3 rings (SSSR count). The molecule has 1 aromatic rings. The molecule has 1 heterocycles. The van der Waals surface area contributed by atoms with E-state index < -0.39 is 0 Å².